The van der Waals surface area contributed by atoms with E-state index in [0.29, 0.717) is 6.04 Å². The Morgan fingerprint density at radius 1 is 1.41 bits per heavy atom. The van der Waals surface area contributed by atoms with Crippen molar-refractivity contribution in [2.45, 2.75) is 18.9 Å². The van der Waals surface area contributed by atoms with Gasteiger partial charge in [0.25, 0.3) is 0 Å². The van der Waals surface area contributed by atoms with Crippen LogP contribution >= 0.6 is 0 Å². The number of nitrogens with one attached hydrogen (secondary N) is 2. The smallest absolute Gasteiger partial charge is 0.225 e. The lowest BCUT2D eigenvalue weighted by Crippen LogP contribution is -2.45. The number of ether oxygens (including phenoxy) is 1. The van der Waals surface area contributed by atoms with Gasteiger partial charge < -0.3 is 15.4 Å². The van der Waals surface area contributed by atoms with Gasteiger partial charge in [0, 0.05) is 52.5 Å². The van der Waals surface area contributed by atoms with Crippen LogP contribution in [0.3, 0.4) is 0 Å². The molecule has 1 atom stereocenters. The molecule has 0 aliphatic carbocycles. The second-order valence-electron chi connectivity index (χ2n) is 4.85. The van der Waals surface area contributed by atoms with E-state index in [1.54, 1.807) is 7.05 Å². The van der Waals surface area contributed by atoms with E-state index >= 15 is 0 Å². The topological polar surface area (TPSA) is 53.6 Å². The number of rotatable bonds is 2. The molecule has 0 spiro atoms. The summed E-state index contributed by atoms with van der Waals surface area (Å²) in [5.74, 6) is 0.224. The zero-order valence-electron chi connectivity index (χ0n) is 10.6. The fourth-order valence-corrected chi connectivity index (χ4v) is 2.70. The first-order valence-electron chi connectivity index (χ1n) is 6.55. The lowest BCUT2D eigenvalue weighted by Gasteiger charge is -2.34. The van der Waals surface area contributed by atoms with Gasteiger partial charge in [-0.1, -0.05) is 0 Å². The average molecular weight is 241 g/mol. The van der Waals surface area contributed by atoms with Crippen LogP contribution in [0.4, 0.5) is 0 Å². The van der Waals surface area contributed by atoms with Gasteiger partial charge in [-0.25, -0.2) is 0 Å². The van der Waals surface area contributed by atoms with Gasteiger partial charge in [-0.3, -0.25) is 9.69 Å². The maximum absolute atomic E-state index is 11.7. The Balaban J connectivity index is 1.93. The Bertz CT molecular complexity index is 254. The molecule has 0 saturated carbocycles. The van der Waals surface area contributed by atoms with Crippen molar-refractivity contribution in [1.82, 2.24) is 15.5 Å². The molecule has 0 bridgehead atoms. The van der Waals surface area contributed by atoms with Crippen molar-refractivity contribution in [1.29, 1.82) is 0 Å². The number of hydrogen-bond acceptors (Lipinski definition) is 4. The highest BCUT2D eigenvalue weighted by Gasteiger charge is 2.28. The molecule has 2 rings (SSSR count). The van der Waals surface area contributed by atoms with Crippen LogP contribution in [0.15, 0.2) is 0 Å². The summed E-state index contributed by atoms with van der Waals surface area (Å²) in [4.78, 5) is 14.2. The van der Waals surface area contributed by atoms with Crippen LogP contribution in [0.1, 0.15) is 12.8 Å². The molecule has 1 amide bonds. The van der Waals surface area contributed by atoms with Crippen LogP contribution in [0, 0.1) is 5.92 Å². The third kappa shape index (κ3) is 3.40. The third-order valence-corrected chi connectivity index (χ3v) is 3.75. The van der Waals surface area contributed by atoms with E-state index in [-0.39, 0.29) is 11.8 Å². The summed E-state index contributed by atoms with van der Waals surface area (Å²) in [6.07, 6.45) is 2.20. The molecule has 2 aliphatic heterocycles. The largest absolute Gasteiger partial charge is 0.381 e. The minimum atomic E-state index is 0.0744. The van der Waals surface area contributed by atoms with E-state index in [0.717, 1.165) is 52.2 Å². The van der Waals surface area contributed by atoms with E-state index < -0.39 is 0 Å². The number of carbonyl (C=O) groups is 1. The summed E-state index contributed by atoms with van der Waals surface area (Å²) in [6.45, 7) is 5.40. The quantitative estimate of drug-likeness (QED) is 0.680. The van der Waals surface area contributed by atoms with E-state index in [9.17, 15) is 4.79 Å². The molecule has 2 aliphatic rings. The number of nitrogens with zero attached hydrogens (tertiary/aromatic N) is 1. The van der Waals surface area contributed by atoms with E-state index in [2.05, 4.69) is 15.5 Å². The molecule has 0 aromatic heterocycles. The summed E-state index contributed by atoms with van der Waals surface area (Å²) in [6, 6.07) is 0.593. The maximum Gasteiger partial charge on any atom is 0.225 e. The molecule has 17 heavy (non-hydrogen) atoms. The van der Waals surface area contributed by atoms with Crippen molar-refractivity contribution in [3.63, 3.8) is 0 Å². The van der Waals surface area contributed by atoms with E-state index in [1.807, 2.05) is 0 Å². The van der Waals surface area contributed by atoms with Crippen LogP contribution < -0.4 is 10.6 Å². The van der Waals surface area contributed by atoms with Crippen LogP contribution in [0.2, 0.25) is 0 Å². The Morgan fingerprint density at radius 3 is 2.88 bits per heavy atom. The van der Waals surface area contributed by atoms with Crippen molar-refractivity contribution >= 4 is 5.91 Å². The summed E-state index contributed by atoms with van der Waals surface area (Å²) in [5, 5.41) is 6.10. The van der Waals surface area contributed by atoms with E-state index in [1.165, 1.54) is 0 Å². The standard InChI is InChI=1S/C12H23N3O2/c1-13-12(16)10-8-14-4-5-15(9-10)11-2-6-17-7-3-11/h10-11,14H,2-9H2,1H3,(H,13,16). The molecule has 0 aromatic rings. The SMILES string of the molecule is CNC(=O)C1CNCCN(C2CCOCC2)C1. The molecule has 2 saturated heterocycles. The predicted octanol–water partition coefficient (Wildman–Crippen LogP) is -0.567. The lowest BCUT2D eigenvalue weighted by atomic mass is 10.0. The number of amides is 1. The first-order valence-corrected chi connectivity index (χ1v) is 6.55. The van der Waals surface area contributed by atoms with Crippen LogP contribution in [0.25, 0.3) is 0 Å². The molecule has 1 unspecified atom stereocenters. The van der Waals surface area contributed by atoms with Crippen molar-refractivity contribution in [2.24, 2.45) is 5.92 Å². The van der Waals surface area contributed by atoms with Gasteiger partial charge >= 0.3 is 0 Å². The van der Waals surface area contributed by atoms with Gasteiger partial charge in [0.2, 0.25) is 5.91 Å². The molecule has 2 fully saturated rings. The Kier molecular flexibility index (Phi) is 4.76. The highest BCUT2D eigenvalue weighted by atomic mass is 16.5. The Morgan fingerprint density at radius 2 is 2.18 bits per heavy atom. The van der Waals surface area contributed by atoms with Gasteiger partial charge in [-0.2, -0.15) is 0 Å². The van der Waals surface area contributed by atoms with Crippen molar-refractivity contribution in [3.05, 3.63) is 0 Å². The first-order chi connectivity index (χ1) is 8.31. The predicted molar refractivity (Wildman–Crippen MR) is 65.8 cm³/mol. The molecule has 2 N–H and O–H groups in total. The molecule has 98 valence electrons. The van der Waals surface area contributed by atoms with Crippen LogP contribution in [0.5, 0.6) is 0 Å². The second kappa shape index (κ2) is 6.33. The fraction of sp³-hybridized carbons (Fsp3) is 0.917. The van der Waals surface area contributed by atoms with Gasteiger partial charge in [-0.05, 0) is 12.8 Å². The molecular formula is C12H23N3O2. The molecule has 5 nitrogen and oxygen atoms in total. The van der Waals surface area contributed by atoms with Crippen molar-refractivity contribution in [3.8, 4) is 0 Å². The zero-order valence-corrected chi connectivity index (χ0v) is 10.6. The average Bonchev–Trinajstić information content (AvgIpc) is 2.64. The van der Waals surface area contributed by atoms with Gasteiger partial charge in [0.1, 0.15) is 0 Å². The van der Waals surface area contributed by atoms with Gasteiger partial charge in [0.15, 0.2) is 0 Å². The number of hydrogen-bond donors (Lipinski definition) is 2. The molecular weight excluding hydrogens is 218 g/mol. The fourth-order valence-electron chi connectivity index (χ4n) is 2.70. The minimum absolute atomic E-state index is 0.0744. The molecule has 0 radical (unpaired) electrons. The van der Waals surface area contributed by atoms with Crippen molar-refractivity contribution < 1.29 is 9.53 Å². The summed E-state index contributed by atoms with van der Waals surface area (Å²) < 4.78 is 5.40. The Labute approximate surface area is 103 Å². The minimum Gasteiger partial charge on any atom is -0.381 e. The Hall–Kier alpha value is -0.650. The summed E-state index contributed by atoms with van der Waals surface area (Å²) in [7, 11) is 1.71. The van der Waals surface area contributed by atoms with Crippen molar-refractivity contribution in [2.75, 3.05) is 46.4 Å². The normalized spacial score (nSPS) is 28.6. The molecule has 5 heteroatoms. The zero-order chi connectivity index (χ0) is 12.1. The van der Waals surface area contributed by atoms with Gasteiger partial charge in [0.05, 0.1) is 5.92 Å². The third-order valence-electron chi connectivity index (χ3n) is 3.75. The second-order valence-corrected chi connectivity index (χ2v) is 4.85. The first kappa shape index (κ1) is 12.8. The monoisotopic (exact) mass is 241 g/mol. The lowest BCUT2D eigenvalue weighted by molar-refractivity contribution is -0.125. The van der Waals surface area contributed by atoms with Gasteiger partial charge in [-0.15, -0.1) is 0 Å². The highest BCUT2D eigenvalue weighted by Crippen LogP contribution is 2.17. The highest BCUT2D eigenvalue weighted by molar-refractivity contribution is 5.78. The van der Waals surface area contributed by atoms with Crippen LogP contribution in [-0.4, -0.2) is 63.3 Å². The summed E-state index contributed by atoms with van der Waals surface area (Å²) in [5.41, 5.74) is 0. The maximum atomic E-state index is 11.7. The van der Waals surface area contributed by atoms with E-state index in [4.69, 9.17) is 4.74 Å². The molecule has 2 heterocycles. The molecule has 0 aromatic carbocycles. The summed E-state index contributed by atoms with van der Waals surface area (Å²) >= 11 is 0. The van der Waals surface area contributed by atoms with Crippen LogP contribution in [-0.2, 0) is 9.53 Å². The number of carbonyl (C=O) groups excluding carboxylic acids is 1.